The molecule has 1 heterocycles. The summed E-state index contributed by atoms with van der Waals surface area (Å²) >= 11 is 4.91. The van der Waals surface area contributed by atoms with Crippen LogP contribution in [0, 0.1) is 0 Å². The summed E-state index contributed by atoms with van der Waals surface area (Å²) in [5.41, 5.74) is 5.97. The number of amides is 1. The SMILES string of the molecule is CCN(CC)C(=O)C(C)Nc1nccnc1C(N)=S. The van der Waals surface area contributed by atoms with Crippen molar-refractivity contribution in [2.75, 3.05) is 18.4 Å². The molecule has 1 rings (SSSR count). The van der Waals surface area contributed by atoms with E-state index in [-0.39, 0.29) is 10.9 Å². The topological polar surface area (TPSA) is 84.1 Å². The molecule has 104 valence electrons. The number of rotatable bonds is 6. The molecule has 19 heavy (non-hydrogen) atoms. The van der Waals surface area contributed by atoms with E-state index in [0.717, 1.165) is 0 Å². The fourth-order valence-corrected chi connectivity index (χ4v) is 1.85. The van der Waals surface area contributed by atoms with Gasteiger partial charge in [0.25, 0.3) is 0 Å². The Kier molecular flexibility index (Phi) is 5.62. The summed E-state index contributed by atoms with van der Waals surface area (Å²) in [6.45, 7) is 7.00. The first-order valence-electron chi connectivity index (χ1n) is 6.17. The van der Waals surface area contributed by atoms with Gasteiger partial charge in [0, 0.05) is 25.5 Å². The number of aromatic nitrogens is 2. The predicted molar refractivity (Wildman–Crippen MR) is 78.9 cm³/mol. The molecule has 0 fully saturated rings. The summed E-state index contributed by atoms with van der Waals surface area (Å²) in [5.74, 6) is 0.438. The van der Waals surface area contributed by atoms with E-state index in [1.165, 1.54) is 12.4 Å². The average Bonchev–Trinajstić information content (AvgIpc) is 2.40. The molecule has 0 aliphatic rings. The van der Waals surface area contributed by atoms with Crippen molar-refractivity contribution in [3.8, 4) is 0 Å². The third-order valence-corrected chi connectivity index (χ3v) is 2.92. The Morgan fingerprint density at radius 2 is 2.00 bits per heavy atom. The Labute approximate surface area is 118 Å². The second kappa shape index (κ2) is 6.98. The highest BCUT2D eigenvalue weighted by Gasteiger charge is 2.20. The smallest absolute Gasteiger partial charge is 0.244 e. The van der Waals surface area contributed by atoms with Crippen LogP contribution in [0.4, 0.5) is 5.82 Å². The average molecular weight is 281 g/mol. The molecule has 6 nitrogen and oxygen atoms in total. The number of carbonyl (C=O) groups is 1. The summed E-state index contributed by atoms with van der Waals surface area (Å²) in [6.07, 6.45) is 3.04. The Balaban J connectivity index is 2.85. The molecule has 0 spiro atoms. The lowest BCUT2D eigenvalue weighted by Gasteiger charge is -2.24. The van der Waals surface area contributed by atoms with Gasteiger partial charge in [-0.1, -0.05) is 12.2 Å². The van der Waals surface area contributed by atoms with E-state index in [1.54, 1.807) is 11.8 Å². The summed E-state index contributed by atoms with van der Waals surface area (Å²) in [5, 5.41) is 3.01. The van der Waals surface area contributed by atoms with Gasteiger partial charge in [0.15, 0.2) is 5.82 Å². The number of nitrogens with two attached hydrogens (primary N) is 1. The van der Waals surface area contributed by atoms with Crippen molar-refractivity contribution in [2.45, 2.75) is 26.8 Å². The minimum atomic E-state index is -0.412. The molecule has 0 aromatic carbocycles. The van der Waals surface area contributed by atoms with Crippen LogP contribution >= 0.6 is 12.2 Å². The molecular formula is C12H19N5OS. The van der Waals surface area contributed by atoms with Gasteiger partial charge in [-0.25, -0.2) is 9.97 Å². The molecule has 1 atom stereocenters. The van der Waals surface area contributed by atoms with Crippen LogP contribution in [0.1, 0.15) is 26.5 Å². The summed E-state index contributed by atoms with van der Waals surface area (Å²) < 4.78 is 0. The highest BCUT2D eigenvalue weighted by Crippen LogP contribution is 2.10. The van der Waals surface area contributed by atoms with Gasteiger partial charge < -0.3 is 16.0 Å². The Hall–Kier alpha value is -1.76. The highest BCUT2D eigenvalue weighted by molar-refractivity contribution is 7.80. The monoisotopic (exact) mass is 281 g/mol. The van der Waals surface area contributed by atoms with E-state index >= 15 is 0 Å². The molecule has 1 amide bonds. The lowest BCUT2D eigenvalue weighted by molar-refractivity contribution is -0.131. The Morgan fingerprint density at radius 3 is 2.53 bits per heavy atom. The van der Waals surface area contributed by atoms with Crippen LogP contribution in [0.25, 0.3) is 0 Å². The van der Waals surface area contributed by atoms with Crippen LogP contribution in [-0.2, 0) is 4.79 Å². The summed E-state index contributed by atoms with van der Waals surface area (Å²) in [7, 11) is 0. The van der Waals surface area contributed by atoms with Crippen molar-refractivity contribution < 1.29 is 4.79 Å². The third-order valence-electron chi connectivity index (χ3n) is 2.73. The number of likely N-dealkylation sites (N-methyl/N-ethyl adjacent to an activating group) is 1. The molecule has 3 N–H and O–H groups in total. The zero-order valence-corrected chi connectivity index (χ0v) is 12.2. The van der Waals surface area contributed by atoms with Crippen molar-refractivity contribution >= 4 is 28.9 Å². The largest absolute Gasteiger partial charge is 0.388 e. The van der Waals surface area contributed by atoms with E-state index in [1.807, 2.05) is 13.8 Å². The zero-order chi connectivity index (χ0) is 14.4. The molecule has 0 bridgehead atoms. The van der Waals surface area contributed by atoms with Gasteiger partial charge in [0.2, 0.25) is 5.91 Å². The van der Waals surface area contributed by atoms with E-state index in [0.29, 0.717) is 24.6 Å². The van der Waals surface area contributed by atoms with Crippen molar-refractivity contribution in [1.82, 2.24) is 14.9 Å². The van der Waals surface area contributed by atoms with Crippen LogP contribution in [0.15, 0.2) is 12.4 Å². The van der Waals surface area contributed by atoms with Crippen LogP contribution in [0.3, 0.4) is 0 Å². The van der Waals surface area contributed by atoms with Gasteiger partial charge in [0.05, 0.1) is 0 Å². The first-order chi connectivity index (χ1) is 9.01. The minimum absolute atomic E-state index is 0.00421. The molecule has 1 aromatic rings. The van der Waals surface area contributed by atoms with Gasteiger partial charge >= 0.3 is 0 Å². The number of thiocarbonyl (C=S) groups is 1. The van der Waals surface area contributed by atoms with Gasteiger partial charge in [0.1, 0.15) is 16.7 Å². The minimum Gasteiger partial charge on any atom is -0.388 e. The maximum absolute atomic E-state index is 12.1. The Morgan fingerprint density at radius 1 is 1.42 bits per heavy atom. The summed E-state index contributed by atoms with van der Waals surface area (Å²) in [6, 6.07) is -0.412. The second-order valence-electron chi connectivity index (χ2n) is 3.99. The number of nitrogens with zero attached hydrogens (tertiary/aromatic N) is 3. The second-order valence-corrected chi connectivity index (χ2v) is 4.43. The third kappa shape index (κ3) is 3.85. The van der Waals surface area contributed by atoms with Crippen molar-refractivity contribution in [3.63, 3.8) is 0 Å². The number of nitrogens with one attached hydrogen (secondary N) is 1. The molecule has 0 aliphatic heterocycles. The highest BCUT2D eigenvalue weighted by atomic mass is 32.1. The van der Waals surface area contributed by atoms with Crippen molar-refractivity contribution in [1.29, 1.82) is 0 Å². The molecule has 0 saturated heterocycles. The quantitative estimate of drug-likeness (QED) is 0.750. The van der Waals surface area contributed by atoms with Crippen LogP contribution in [-0.4, -0.2) is 44.9 Å². The molecule has 1 unspecified atom stereocenters. The van der Waals surface area contributed by atoms with Crippen LogP contribution in [0.2, 0.25) is 0 Å². The Bertz CT molecular complexity index is 461. The van der Waals surface area contributed by atoms with Gasteiger partial charge in [-0.3, -0.25) is 4.79 Å². The van der Waals surface area contributed by atoms with Crippen molar-refractivity contribution in [2.24, 2.45) is 5.73 Å². The number of hydrogen-bond donors (Lipinski definition) is 2. The van der Waals surface area contributed by atoms with Gasteiger partial charge in [-0.2, -0.15) is 0 Å². The molecular weight excluding hydrogens is 262 g/mol. The lowest BCUT2D eigenvalue weighted by atomic mass is 10.2. The van der Waals surface area contributed by atoms with E-state index in [4.69, 9.17) is 18.0 Å². The van der Waals surface area contributed by atoms with E-state index in [9.17, 15) is 4.79 Å². The standard InChI is InChI=1S/C12H19N5OS/c1-4-17(5-2)12(18)8(3)16-11-9(10(13)19)14-6-7-15-11/h6-8H,4-5H2,1-3H3,(H2,13,19)(H,15,16). The summed E-state index contributed by atoms with van der Waals surface area (Å²) in [4.78, 5) is 22.2. The van der Waals surface area contributed by atoms with Crippen LogP contribution < -0.4 is 11.1 Å². The normalized spacial score (nSPS) is 11.7. The molecule has 7 heteroatoms. The molecule has 0 radical (unpaired) electrons. The lowest BCUT2D eigenvalue weighted by Crippen LogP contribution is -2.41. The van der Waals surface area contributed by atoms with Crippen molar-refractivity contribution in [3.05, 3.63) is 18.1 Å². The number of carbonyl (C=O) groups excluding carboxylic acids is 1. The molecule has 0 aliphatic carbocycles. The number of anilines is 1. The first-order valence-corrected chi connectivity index (χ1v) is 6.58. The first kappa shape index (κ1) is 15.3. The zero-order valence-electron chi connectivity index (χ0n) is 11.4. The van der Waals surface area contributed by atoms with Gasteiger partial charge in [-0.05, 0) is 20.8 Å². The van der Waals surface area contributed by atoms with Gasteiger partial charge in [-0.15, -0.1) is 0 Å². The van der Waals surface area contributed by atoms with E-state index < -0.39 is 6.04 Å². The number of hydrogen-bond acceptors (Lipinski definition) is 5. The fourth-order valence-electron chi connectivity index (χ4n) is 1.70. The predicted octanol–water partition coefficient (Wildman–Crippen LogP) is 0.780. The van der Waals surface area contributed by atoms with Crippen LogP contribution in [0.5, 0.6) is 0 Å². The van der Waals surface area contributed by atoms with E-state index in [2.05, 4.69) is 15.3 Å². The fraction of sp³-hybridized carbons (Fsp3) is 0.500. The maximum Gasteiger partial charge on any atom is 0.244 e. The molecule has 0 saturated carbocycles. The maximum atomic E-state index is 12.1. The molecule has 1 aromatic heterocycles.